The summed E-state index contributed by atoms with van der Waals surface area (Å²) < 4.78 is 22.7. The van der Waals surface area contributed by atoms with E-state index in [1.54, 1.807) is 0 Å². The molecule has 0 aromatic heterocycles. The molecule has 1 fully saturated rings. The van der Waals surface area contributed by atoms with Crippen LogP contribution in [0, 0.1) is 0 Å². The van der Waals surface area contributed by atoms with Gasteiger partial charge in [0.05, 0.1) is 11.5 Å². The second-order valence-electron chi connectivity index (χ2n) is 4.97. The van der Waals surface area contributed by atoms with Gasteiger partial charge in [-0.3, -0.25) is 4.90 Å². The average molecular weight is 243 g/mol. The monoisotopic (exact) mass is 243 g/mol. The van der Waals surface area contributed by atoms with Crippen molar-refractivity contribution in [1.29, 1.82) is 0 Å². The number of sulfone groups is 1. The molecule has 0 saturated carbocycles. The first-order valence-electron chi connectivity index (χ1n) is 6.17. The minimum Gasteiger partial charge on any atom is -0.297 e. The molecule has 0 N–H and O–H groups in total. The first-order chi connectivity index (χ1) is 7.58. The first-order valence-corrected chi connectivity index (χ1v) is 8.00. The molecule has 1 atom stereocenters. The van der Waals surface area contributed by atoms with Crippen LogP contribution in [0.15, 0.2) is 12.2 Å². The lowest BCUT2D eigenvalue weighted by Crippen LogP contribution is -2.44. The maximum Gasteiger partial charge on any atom is 0.150 e. The average Bonchev–Trinajstić information content (AvgIpc) is 2.29. The van der Waals surface area contributed by atoms with E-state index in [-0.39, 0.29) is 0 Å². The van der Waals surface area contributed by atoms with Crippen molar-refractivity contribution in [3.63, 3.8) is 0 Å². The Bertz CT molecular complexity index is 347. The SMILES string of the molecule is CN(C1C=CCCC1)C1CCS(=O)(=O)CC1. The van der Waals surface area contributed by atoms with E-state index < -0.39 is 9.84 Å². The second-order valence-corrected chi connectivity index (χ2v) is 7.28. The zero-order valence-electron chi connectivity index (χ0n) is 9.93. The van der Waals surface area contributed by atoms with Crippen LogP contribution in [-0.2, 0) is 9.84 Å². The molecule has 2 aliphatic rings. The Morgan fingerprint density at radius 3 is 2.44 bits per heavy atom. The third kappa shape index (κ3) is 2.86. The zero-order chi connectivity index (χ0) is 11.6. The van der Waals surface area contributed by atoms with Crippen molar-refractivity contribution in [3.05, 3.63) is 12.2 Å². The van der Waals surface area contributed by atoms with Gasteiger partial charge in [0.1, 0.15) is 9.84 Å². The van der Waals surface area contributed by atoms with Gasteiger partial charge in [-0.25, -0.2) is 8.42 Å². The molecule has 1 unspecified atom stereocenters. The highest BCUT2D eigenvalue weighted by Gasteiger charge is 2.28. The van der Waals surface area contributed by atoms with Gasteiger partial charge in [0.15, 0.2) is 0 Å². The highest BCUT2D eigenvalue weighted by atomic mass is 32.2. The Balaban J connectivity index is 1.93. The lowest BCUT2D eigenvalue weighted by molar-refractivity contribution is 0.177. The number of hydrogen-bond acceptors (Lipinski definition) is 3. The molecule has 0 bridgehead atoms. The summed E-state index contributed by atoms with van der Waals surface area (Å²) in [5, 5.41) is 0. The van der Waals surface area contributed by atoms with Gasteiger partial charge in [-0.1, -0.05) is 12.2 Å². The summed E-state index contributed by atoms with van der Waals surface area (Å²) in [4.78, 5) is 2.38. The Kier molecular flexibility index (Phi) is 3.70. The highest BCUT2D eigenvalue weighted by molar-refractivity contribution is 7.91. The van der Waals surface area contributed by atoms with Crippen molar-refractivity contribution in [1.82, 2.24) is 4.90 Å². The predicted octanol–water partition coefficient (Wildman–Crippen LogP) is 1.60. The van der Waals surface area contributed by atoms with E-state index in [2.05, 4.69) is 24.1 Å². The summed E-state index contributed by atoms with van der Waals surface area (Å²) in [6.07, 6.45) is 9.83. The van der Waals surface area contributed by atoms with Crippen LogP contribution in [0.2, 0.25) is 0 Å². The Morgan fingerprint density at radius 1 is 1.19 bits per heavy atom. The molecule has 0 aromatic rings. The van der Waals surface area contributed by atoms with Gasteiger partial charge in [0, 0.05) is 12.1 Å². The van der Waals surface area contributed by atoms with E-state index in [1.165, 1.54) is 19.3 Å². The number of nitrogens with zero attached hydrogens (tertiary/aromatic N) is 1. The minimum absolute atomic E-state index is 0.373. The Labute approximate surface area is 98.4 Å². The van der Waals surface area contributed by atoms with Crippen LogP contribution in [0.3, 0.4) is 0 Å². The summed E-state index contributed by atoms with van der Waals surface area (Å²) in [6, 6.07) is 0.982. The molecular weight excluding hydrogens is 222 g/mol. The molecule has 2 rings (SSSR count). The smallest absolute Gasteiger partial charge is 0.150 e. The van der Waals surface area contributed by atoms with Gasteiger partial charge in [0.2, 0.25) is 0 Å². The van der Waals surface area contributed by atoms with Gasteiger partial charge in [-0.15, -0.1) is 0 Å². The van der Waals surface area contributed by atoms with Crippen molar-refractivity contribution in [3.8, 4) is 0 Å². The van der Waals surface area contributed by atoms with Crippen molar-refractivity contribution in [2.24, 2.45) is 0 Å². The lowest BCUT2D eigenvalue weighted by atomic mass is 9.99. The summed E-state index contributed by atoms with van der Waals surface area (Å²) in [5.41, 5.74) is 0. The molecular formula is C12H21NO2S. The number of hydrogen-bond donors (Lipinski definition) is 0. The summed E-state index contributed by atoms with van der Waals surface area (Å²) in [6.45, 7) is 0. The van der Waals surface area contributed by atoms with Crippen LogP contribution in [-0.4, -0.2) is 44.0 Å². The molecule has 1 aliphatic heterocycles. The van der Waals surface area contributed by atoms with Crippen molar-refractivity contribution in [2.45, 2.75) is 44.2 Å². The van der Waals surface area contributed by atoms with E-state index >= 15 is 0 Å². The van der Waals surface area contributed by atoms with Crippen LogP contribution in [0.1, 0.15) is 32.1 Å². The van der Waals surface area contributed by atoms with E-state index in [0.29, 0.717) is 23.6 Å². The van der Waals surface area contributed by atoms with Gasteiger partial charge < -0.3 is 0 Å². The van der Waals surface area contributed by atoms with Gasteiger partial charge in [0.25, 0.3) is 0 Å². The molecule has 1 aliphatic carbocycles. The minimum atomic E-state index is -2.72. The number of rotatable bonds is 2. The van der Waals surface area contributed by atoms with E-state index in [9.17, 15) is 8.42 Å². The number of likely N-dealkylation sites (N-methyl/N-ethyl adjacent to an activating group) is 1. The Hall–Kier alpha value is -0.350. The third-order valence-corrected chi connectivity index (χ3v) is 5.57. The van der Waals surface area contributed by atoms with Crippen molar-refractivity contribution >= 4 is 9.84 Å². The highest BCUT2D eigenvalue weighted by Crippen LogP contribution is 2.23. The van der Waals surface area contributed by atoms with Crippen LogP contribution in [0.4, 0.5) is 0 Å². The lowest BCUT2D eigenvalue weighted by Gasteiger charge is -2.36. The van der Waals surface area contributed by atoms with Gasteiger partial charge in [-0.05, 0) is 39.2 Å². The maximum atomic E-state index is 11.4. The molecule has 0 radical (unpaired) electrons. The second kappa shape index (κ2) is 4.88. The van der Waals surface area contributed by atoms with E-state index in [1.807, 2.05) is 0 Å². The molecule has 92 valence electrons. The first kappa shape index (κ1) is 12.1. The molecule has 16 heavy (non-hydrogen) atoms. The molecule has 0 aromatic carbocycles. The molecule has 4 heteroatoms. The van der Waals surface area contributed by atoms with Crippen LogP contribution < -0.4 is 0 Å². The fraction of sp³-hybridized carbons (Fsp3) is 0.833. The normalized spacial score (nSPS) is 30.8. The Morgan fingerprint density at radius 2 is 1.88 bits per heavy atom. The zero-order valence-corrected chi connectivity index (χ0v) is 10.7. The predicted molar refractivity (Wildman–Crippen MR) is 66.2 cm³/mol. The molecule has 0 spiro atoms. The number of allylic oxidation sites excluding steroid dienone is 1. The van der Waals surface area contributed by atoms with Crippen LogP contribution in [0.25, 0.3) is 0 Å². The fourth-order valence-electron chi connectivity index (χ4n) is 2.69. The van der Waals surface area contributed by atoms with Crippen LogP contribution >= 0.6 is 0 Å². The largest absolute Gasteiger partial charge is 0.297 e. The van der Waals surface area contributed by atoms with Gasteiger partial charge >= 0.3 is 0 Å². The molecule has 0 amide bonds. The standard InChI is InChI=1S/C12H21NO2S/c1-13(11-5-3-2-4-6-11)12-7-9-16(14,15)10-8-12/h3,5,11-12H,2,4,6-10H2,1H3. The van der Waals surface area contributed by atoms with Crippen molar-refractivity contribution in [2.75, 3.05) is 18.6 Å². The third-order valence-electron chi connectivity index (χ3n) is 3.85. The summed E-state index contributed by atoms with van der Waals surface area (Å²) in [5.74, 6) is 0.747. The van der Waals surface area contributed by atoms with Crippen molar-refractivity contribution < 1.29 is 8.42 Å². The maximum absolute atomic E-state index is 11.4. The fourth-order valence-corrected chi connectivity index (χ4v) is 4.16. The van der Waals surface area contributed by atoms with E-state index in [4.69, 9.17) is 0 Å². The summed E-state index contributed by atoms with van der Waals surface area (Å²) in [7, 11) is -0.583. The quantitative estimate of drug-likeness (QED) is 0.691. The van der Waals surface area contributed by atoms with Gasteiger partial charge in [-0.2, -0.15) is 0 Å². The summed E-state index contributed by atoms with van der Waals surface area (Å²) >= 11 is 0. The molecule has 1 saturated heterocycles. The van der Waals surface area contributed by atoms with Crippen LogP contribution in [0.5, 0.6) is 0 Å². The van der Waals surface area contributed by atoms with E-state index in [0.717, 1.165) is 12.8 Å². The molecule has 1 heterocycles. The molecule has 3 nitrogen and oxygen atoms in total. The topological polar surface area (TPSA) is 37.4 Å².